The van der Waals surface area contributed by atoms with E-state index in [0.717, 1.165) is 17.0 Å². The Labute approximate surface area is 153 Å². The Balaban J connectivity index is 1.45. The van der Waals surface area contributed by atoms with Crippen LogP contribution in [0.1, 0.15) is 35.7 Å². The van der Waals surface area contributed by atoms with Crippen LogP contribution in [0.5, 0.6) is 0 Å². The normalized spacial score (nSPS) is 23.6. The number of H-pyrrole nitrogens is 1. The van der Waals surface area contributed by atoms with E-state index in [-0.39, 0.29) is 0 Å². The molecule has 5 N–H and O–H groups in total. The summed E-state index contributed by atoms with van der Waals surface area (Å²) in [6, 6.07) is 10.4. The van der Waals surface area contributed by atoms with Crippen molar-refractivity contribution in [1.29, 1.82) is 0 Å². The molecule has 1 fully saturated rings. The molecule has 1 aromatic carbocycles. The van der Waals surface area contributed by atoms with Gasteiger partial charge in [0.2, 0.25) is 0 Å². The standard InChI is InChI=1S/C19H25N7/c1-26(2)15-7-3-13(4-8-15)12-22-18-21-10-9-19(20,23-18)17-11-16(24-25-17)14-5-6-14/h3-4,7-11,14H,5-6,12,20H2,1-2H3,(H,24,25)(H2,21,22,23). The van der Waals surface area contributed by atoms with Gasteiger partial charge >= 0.3 is 0 Å². The van der Waals surface area contributed by atoms with Crippen molar-refractivity contribution in [2.45, 2.75) is 31.0 Å². The second-order valence-electron chi connectivity index (χ2n) is 7.18. The van der Waals surface area contributed by atoms with Gasteiger partial charge in [-0.05, 0) is 42.7 Å². The van der Waals surface area contributed by atoms with Gasteiger partial charge in [0.1, 0.15) is 5.69 Å². The molecule has 1 saturated carbocycles. The predicted octanol–water partition coefficient (Wildman–Crippen LogP) is 1.73. The zero-order valence-electron chi connectivity index (χ0n) is 15.2. The third-order valence-electron chi connectivity index (χ3n) is 4.80. The minimum Gasteiger partial charge on any atom is -0.378 e. The third-order valence-corrected chi connectivity index (χ3v) is 4.80. The number of rotatable bonds is 5. The quantitative estimate of drug-likeness (QED) is 0.658. The lowest BCUT2D eigenvalue weighted by molar-refractivity contribution is 0.483. The van der Waals surface area contributed by atoms with Crippen LogP contribution in [0.2, 0.25) is 0 Å². The molecule has 0 spiro atoms. The van der Waals surface area contributed by atoms with Crippen LogP contribution in [-0.2, 0) is 12.2 Å². The smallest absolute Gasteiger partial charge is 0.197 e. The number of nitrogens with one attached hydrogen (secondary N) is 3. The lowest BCUT2D eigenvalue weighted by Gasteiger charge is -2.30. The summed E-state index contributed by atoms with van der Waals surface area (Å²) in [6.45, 7) is 0.570. The van der Waals surface area contributed by atoms with Crippen molar-refractivity contribution in [3.8, 4) is 0 Å². The van der Waals surface area contributed by atoms with Gasteiger partial charge < -0.3 is 21.3 Å². The van der Waals surface area contributed by atoms with Gasteiger partial charge in [-0.2, -0.15) is 5.10 Å². The number of nitrogens with two attached hydrogens (primary N) is 1. The van der Waals surface area contributed by atoms with Crippen molar-refractivity contribution in [1.82, 2.24) is 20.8 Å². The van der Waals surface area contributed by atoms with Gasteiger partial charge in [-0.15, -0.1) is 0 Å². The molecule has 26 heavy (non-hydrogen) atoms. The summed E-state index contributed by atoms with van der Waals surface area (Å²) < 4.78 is 0. The minimum absolute atomic E-state index is 0.570. The van der Waals surface area contributed by atoms with E-state index in [1.165, 1.54) is 18.5 Å². The number of nitrogens with zero attached hydrogens (tertiary/aromatic N) is 3. The van der Waals surface area contributed by atoms with Gasteiger partial charge in [-0.1, -0.05) is 12.1 Å². The van der Waals surface area contributed by atoms with E-state index in [1.54, 1.807) is 0 Å². The number of aliphatic imine (C=N–C) groups is 1. The van der Waals surface area contributed by atoms with Crippen molar-refractivity contribution in [2.24, 2.45) is 10.7 Å². The number of anilines is 1. The van der Waals surface area contributed by atoms with Crippen molar-refractivity contribution in [2.75, 3.05) is 19.0 Å². The molecular weight excluding hydrogens is 326 g/mol. The molecule has 0 bridgehead atoms. The highest BCUT2D eigenvalue weighted by Gasteiger charge is 2.33. The van der Waals surface area contributed by atoms with Crippen LogP contribution in [0.25, 0.3) is 0 Å². The van der Waals surface area contributed by atoms with Gasteiger partial charge in [0.25, 0.3) is 0 Å². The Morgan fingerprint density at radius 1 is 1.27 bits per heavy atom. The van der Waals surface area contributed by atoms with Gasteiger partial charge in [0.05, 0.1) is 6.54 Å². The molecule has 0 amide bonds. The largest absolute Gasteiger partial charge is 0.378 e. The molecule has 1 aliphatic carbocycles. The van der Waals surface area contributed by atoms with Gasteiger partial charge in [-0.3, -0.25) is 5.10 Å². The number of aromatic amines is 1. The zero-order chi connectivity index (χ0) is 18.1. The van der Waals surface area contributed by atoms with Crippen LogP contribution in [0.4, 0.5) is 5.69 Å². The minimum atomic E-state index is -0.859. The summed E-state index contributed by atoms with van der Waals surface area (Å²) in [4.78, 5) is 6.69. The van der Waals surface area contributed by atoms with E-state index in [1.807, 2.05) is 26.4 Å². The molecule has 7 nitrogen and oxygen atoms in total. The molecule has 1 aromatic heterocycles. The molecule has 2 aromatic rings. The maximum Gasteiger partial charge on any atom is 0.197 e. The molecule has 1 atom stereocenters. The topological polar surface area (TPSA) is 94.4 Å². The van der Waals surface area contributed by atoms with Crippen molar-refractivity contribution >= 4 is 11.6 Å². The molecule has 1 aliphatic heterocycles. The fourth-order valence-electron chi connectivity index (χ4n) is 2.98. The summed E-state index contributed by atoms with van der Waals surface area (Å²) in [7, 11) is 4.06. The molecule has 2 aliphatic rings. The summed E-state index contributed by atoms with van der Waals surface area (Å²) in [5.41, 5.74) is 9.91. The first-order chi connectivity index (χ1) is 12.5. The molecule has 2 heterocycles. The molecule has 0 saturated heterocycles. The van der Waals surface area contributed by atoms with E-state index in [0.29, 0.717) is 18.4 Å². The van der Waals surface area contributed by atoms with Crippen molar-refractivity contribution in [3.05, 3.63) is 59.6 Å². The lowest BCUT2D eigenvalue weighted by atomic mass is 10.1. The number of hydrogen-bond donors (Lipinski definition) is 4. The fourth-order valence-corrected chi connectivity index (χ4v) is 2.98. The maximum absolute atomic E-state index is 6.52. The van der Waals surface area contributed by atoms with Crippen molar-refractivity contribution < 1.29 is 0 Å². The summed E-state index contributed by atoms with van der Waals surface area (Å²) in [5, 5.41) is 13.9. The zero-order valence-corrected chi connectivity index (χ0v) is 15.2. The predicted molar refractivity (Wildman–Crippen MR) is 104 cm³/mol. The van der Waals surface area contributed by atoms with E-state index in [4.69, 9.17) is 5.73 Å². The number of guanidine groups is 1. The Kier molecular flexibility index (Phi) is 4.16. The second kappa shape index (κ2) is 6.49. The van der Waals surface area contributed by atoms with Crippen LogP contribution >= 0.6 is 0 Å². The average Bonchev–Trinajstić information content (AvgIpc) is 3.36. The fraction of sp³-hybridized carbons (Fsp3) is 0.368. The SMILES string of the molecule is CN(C)c1ccc(CN=C2NC=CC(N)(c3cc(C4CC4)[nH]n3)N2)cc1. The van der Waals surface area contributed by atoms with Crippen LogP contribution in [0.15, 0.2) is 47.6 Å². The Hall–Kier alpha value is -2.80. The van der Waals surface area contributed by atoms with Gasteiger partial charge in [-0.25, -0.2) is 4.99 Å². The van der Waals surface area contributed by atoms with E-state index >= 15 is 0 Å². The summed E-state index contributed by atoms with van der Waals surface area (Å²) >= 11 is 0. The summed E-state index contributed by atoms with van der Waals surface area (Å²) in [5.74, 6) is 1.26. The second-order valence-corrected chi connectivity index (χ2v) is 7.18. The highest BCUT2D eigenvalue weighted by atomic mass is 15.3. The number of hydrogen-bond acceptors (Lipinski definition) is 4. The van der Waals surface area contributed by atoms with Crippen LogP contribution in [-0.4, -0.2) is 30.3 Å². The van der Waals surface area contributed by atoms with E-state index in [2.05, 4.69) is 61.1 Å². The highest BCUT2D eigenvalue weighted by Crippen LogP contribution is 2.39. The van der Waals surface area contributed by atoms with E-state index in [9.17, 15) is 0 Å². The van der Waals surface area contributed by atoms with Gasteiger partial charge in [0.15, 0.2) is 11.6 Å². The summed E-state index contributed by atoms with van der Waals surface area (Å²) in [6.07, 6.45) is 6.13. The monoisotopic (exact) mass is 351 g/mol. The molecule has 0 radical (unpaired) electrons. The molecule has 7 heteroatoms. The molecule has 1 unspecified atom stereocenters. The number of benzene rings is 1. The molecular formula is C19H25N7. The Morgan fingerprint density at radius 3 is 2.73 bits per heavy atom. The van der Waals surface area contributed by atoms with Crippen LogP contribution < -0.4 is 21.3 Å². The molecule has 4 rings (SSSR count). The highest BCUT2D eigenvalue weighted by molar-refractivity contribution is 5.83. The third kappa shape index (κ3) is 3.43. The average molecular weight is 351 g/mol. The van der Waals surface area contributed by atoms with E-state index < -0.39 is 5.66 Å². The van der Waals surface area contributed by atoms with Gasteiger partial charge in [0, 0.05) is 37.6 Å². The molecule has 136 valence electrons. The van der Waals surface area contributed by atoms with Crippen LogP contribution in [0, 0.1) is 0 Å². The first-order valence-electron chi connectivity index (χ1n) is 8.91. The lowest BCUT2D eigenvalue weighted by Crippen LogP contribution is -2.57. The van der Waals surface area contributed by atoms with Crippen LogP contribution in [0.3, 0.4) is 0 Å². The Morgan fingerprint density at radius 2 is 2.04 bits per heavy atom. The first kappa shape index (κ1) is 16.7. The van der Waals surface area contributed by atoms with Crippen molar-refractivity contribution in [3.63, 3.8) is 0 Å². The first-order valence-corrected chi connectivity index (χ1v) is 8.91. The number of aromatic nitrogens is 2. The Bertz CT molecular complexity index is 830. The maximum atomic E-state index is 6.52.